The molecule has 2 aromatic rings. The zero-order chi connectivity index (χ0) is 18.8. The van der Waals surface area contributed by atoms with E-state index in [4.69, 9.17) is 0 Å². The number of nitrogens with zero attached hydrogens (tertiary/aromatic N) is 2. The van der Waals surface area contributed by atoms with Crippen LogP contribution in [0.15, 0.2) is 34.1 Å². The third kappa shape index (κ3) is 7.45. The van der Waals surface area contributed by atoms with Gasteiger partial charge in [-0.1, -0.05) is 0 Å². The molecule has 16 heteroatoms. The number of benzene rings is 1. The van der Waals surface area contributed by atoms with Crippen LogP contribution in [0.5, 0.6) is 0 Å². The first-order valence-corrected chi connectivity index (χ1v) is 10.3. The molecule has 0 radical (unpaired) electrons. The Morgan fingerprint density at radius 2 is 1.81 bits per heavy atom. The van der Waals surface area contributed by atoms with Gasteiger partial charge in [0.15, 0.2) is 0 Å². The maximum atomic E-state index is 11.5. The fraction of sp³-hybridized carbons (Fsp3) is 0.182. The number of aromatic nitrogens is 2. The minimum atomic E-state index is -4.90. The van der Waals surface area contributed by atoms with Crippen molar-refractivity contribution in [3.8, 4) is 5.69 Å². The van der Waals surface area contributed by atoms with E-state index in [1.54, 1.807) is 6.92 Å². The summed E-state index contributed by atoms with van der Waals surface area (Å²) >= 11 is 0.463. The minimum Gasteiger partial charge on any atom is -0.744 e. The fourth-order valence-electron chi connectivity index (χ4n) is 1.92. The van der Waals surface area contributed by atoms with E-state index in [1.165, 1.54) is 18.2 Å². The van der Waals surface area contributed by atoms with Crippen LogP contribution in [0.1, 0.15) is 5.69 Å². The SMILES string of the molecule is Cc1cc(NS(C)(=O)=O)n(-c2cc(SOO[O-])ccc2S(=O)(=O)[O-])n1.[Li+].[Li+]. The average molecular weight is 423 g/mol. The molecule has 0 fully saturated rings. The van der Waals surface area contributed by atoms with E-state index in [1.807, 2.05) is 0 Å². The monoisotopic (exact) mass is 423 g/mol. The summed E-state index contributed by atoms with van der Waals surface area (Å²) in [7, 11) is -8.60. The van der Waals surface area contributed by atoms with E-state index in [0.29, 0.717) is 17.7 Å². The molecular formula is C11H11Li2N3O8S3. The van der Waals surface area contributed by atoms with Crippen LogP contribution in [0.4, 0.5) is 5.82 Å². The van der Waals surface area contributed by atoms with E-state index in [0.717, 1.165) is 17.0 Å². The van der Waals surface area contributed by atoms with Gasteiger partial charge in [-0.15, -0.1) is 0 Å². The molecule has 2 rings (SSSR count). The number of hydrogen-bond donors (Lipinski definition) is 1. The van der Waals surface area contributed by atoms with Crippen LogP contribution >= 0.6 is 12.0 Å². The van der Waals surface area contributed by atoms with Gasteiger partial charge in [0.2, 0.25) is 10.0 Å². The Kier molecular flexibility index (Phi) is 10.2. The quantitative estimate of drug-likeness (QED) is 0.149. The standard InChI is InChI=1S/C11H13N3O8S3.2Li/c1-7-5-11(13-24(2,16)17)14(12-7)9-6-8(23-22-21-15)3-4-10(9)25(18,19)20;;/h3-6,13,15H,1-2H3,(H,18,19,20);;/q;2*+1/p-2. The van der Waals surface area contributed by atoms with Crippen molar-refractivity contribution in [2.24, 2.45) is 0 Å². The molecule has 1 N–H and O–H groups in total. The Morgan fingerprint density at radius 1 is 1.19 bits per heavy atom. The Hall–Kier alpha value is -0.485. The van der Waals surface area contributed by atoms with Crippen LogP contribution in [-0.2, 0) is 29.5 Å². The average Bonchev–Trinajstić information content (AvgIpc) is 2.82. The van der Waals surface area contributed by atoms with Gasteiger partial charge in [-0.2, -0.15) is 9.43 Å². The molecule has 1 heterocycles. The summed E-state index contributed by atoms with van der Waals surface area (Å²) < 4.78 is 64.7. The maximum absolute atomic E-state index is 11.5. The van der Waals surface area contributed by atoms with Crippen LogP contribution in [0.3, 0.4) is 0 Å². The van der Waals surface area contributed by atoms with Crippen molar-refractivity contribution in [1.29, 1.82) is 0 Å². The molecule has 11 nitrogen and oxygen atoms in total. The topological polar surface area (TPSA) is 163 Å². The molecular weight excluding hydrogens is 412 g/mol. The molecule has 0 saturated carbocycles. The fourth-order valence-corrected chi connectivity index (χ4v) is 3.48. The molecule has 0 spiro atoms. The van der Waals surface area contributed by atoms with Crippen molar-refractivity contribution in [3.63, 3.8) is 0 Å². The number of hydrogen-bond acceptors (Lipinski definition) is 10. The Bertz CT molecular complexity index is 994. The number of nitrogens with one attached hydrogen (secondary N) is 1. The Labute approximate surface area is 184 Å². The number of anilines is 1. The van der Waals surface area contributed by atoms with Crippen LogP contribution in [0, 0.1) is 6.92 Å². The first kappa shape index (κ1) is 26.5. The predicted octanol–water partition coefficient (Wildman–Crippen LogP) is -6.31. The number of rotatable bonds is 7. The van der Waals surface area contributed by atoms with Crippen molar-refractivity contribution in [3.05, 3.63) is 30.0 Å². The van der Waals surface area contributed by atoms with Gasteiger partial charge in [0.05, 0.1) is 34.6 Å². The molecule has 0 unspecified atom stereocenters. The zero-order valence-electron chi connectivity index (χ0n) is 14.7. The van der Waals surface area contributed by atoms with E-state index in [2.05, 4.69) is 19.2 Å². The molecule has 0 atom stereocenters. The van der Waals surface area contributed by atoms with Gasteiger partial charge in [-0.05, 0) is 25.1 Å². The maximum Gasteiger partial charge on any atom is 1.00 e. The molecule has 0 saturated heterocycles. The summed E-state index contributed by atoms with van der Waals surface area (Å²) in [5.41, 5.74) is 0.131. The van der Waals surface area contributed by atoms with E-state index < -0.39 is 25.0 Å². The third-order valence-corrected chi connectivity index (χ3v) is 4.74. The second-order valence-corrected chi connectivity index (χ2v) is 8.63. The summed E-state index contributed by atoms with van der Waals surface area (Å²) in [5.74, 6) is -0.0759. The molecule has 0 amide bonds. The summed E-state index contributed by atoms with van der Waals surface area (Å²) in [6.07, 6.45) is 0.899. The van der Waals surface area contributed by atoms with Gasteiger partial charge < -0.3 is 9.81 Å². The van der Waals surface area contributed by atoms with Crippen LogP contribution < -0.4 is 47.7 Å². The second-order valence-electron chi connectivity index (χ2n) is 4.76. The summed E-state index contributed by atoms with van der Waals surface area (Å²) in [6.45, 7) is 1.54. The molecule has 138 valence electrons. The van der Waals surface area contributed by atoms with Crippen molar-refractivity contribution >= 4 is 38.0 Å². The van der Waals surface area contributed by atoms with Gasteiger partial charge in [-0.25, -0.2) is 21.5 Å². The Morgan fingerprint density at radius 3 is 2.33 bits per heavy atom. The van der Waals surface area contributed by atoms with E-state index >= 15 is 0 Å². The number of aryl methyl sites for hydroxylation is 1. The van der Waals surface area contributed by atoms with Crippen molar-refractivity contribution in [1.82, 2.24) is 9.78 Å². The smallest absolute Gasteiger partial charge is 0.744 e. The largest absolute Gasteiger partial charge is 1.00 e. The van der Waals surface area contributed by atoms with Crippen LogP contribution in [0.2, 0.25) is 0 Å². The normalized spacial score (nSPS) is 11.4. The van der Waals surface area contributed by atoms with Crippen molar-refractivity contribution in [2.45, 2.75) is 16.7 Å². The minimum absolute atomic E-state index is 0. The third-order valence-electron chi connectivity index (χ3n) is 2.71. The molecule has 1 aromatic heterocycles. The zero-order valence-corrected chi connectivity index (χ0v) is 17.1. The molecule has 0 bridgehead atoms. The molecule has 1 aromatic carbocycles. The van der Waals surface area contributed by atoms with Gasteiger partial charge >= 0.3 is 37.7 Å². The van der Waals surface area contributed by atoms with E-state index in [9.17, 15) is 26.6 Å². The Balaban J connectivity index is 0.00000338. The van der Waals surface area contributed by atoms with Gasteiger partial charge in [0.1, 0.15) is 15.9 Å². The molecule has 0 aliphatic heterocycles. The van der Waals surface area contributed by atoms with Crippen LogP contribution in [-0.4, -0.2) is 37.4 Å². The first-order valence-electron chi connectivity index (χ1n) is 6.29. The summed E-state index contributed by atoms with van der Waals surface area (Å²) in [4.78, 5) is -0.434. The van der Waals surface area contributed by atoms with Crippen molar-refractivity contribution < 1.29 is 73.7 Å². The number of sulfonamides is 1. The van der Waals surface area contributed by atoms with Gasteiger partial charge in [0.25, 0.3) is 0 Å². The molecule has 0 aliphatic carbocycles. The second kappa shape index (κ2) is 10.3. The molecule has 0 aliphatic rings. The summed E-state index contributed by atoms with van der Waals surface area (Å²) in [6, 6.07) is 4.71. The summed E-state index contributed by atoms with van der Waals surface area (Å²) in [5, 5.41) is 17.1. The van der Waals surface area contributed by atoms with Crippen LogP contribution in [0.25, 0.3) is 5.69 Å². The van der Waals surface area contributed by atoms with E-state index in [-0.39, 0.29) is 54.1 Å². The predicted molar refractivity (Wildman–Crippen MR) is 82.8 cm³/mol. The van der Waals surface area contributed by atoms with Gasteiger partial charge in [-0.3, -0.25) is 9.76 Å². The molecule has 27 heavy (non-hydrogen) atoms. The van der Waals surface area contributed by atoms with Gasteiger partial charge in [0, 0.05) is 11.0 Å². The first-order chi connectivity index (χ1) is 11.5. The van der Waals surface area contributed by atoms with Crippen molar-refractivity contribution in [2.75, 3.05) is 11.0 Å².